The first-order valence-electron chi connectivity index (χ1n) is 8.92. The summed E-state index contributed by atoms with van der Waals surface area (Å²) in [5.41, 5.74) is 2.16. The van der Waals surface area contributed by atoms with Crippen LogP contribution in [-0.4, -0.2) is 24.9 Å². The second-order valence-electron chi connectivity index (χ2n) is 6.34. The second-order valence-corrected chi connectivity index (χ2v) is 8.02. The number of sulfonamides is 1. The molecule has 28 heavy (non-hydrogen) atoms. The van der Waals surface area contributed by atoms with E-state index >= 15 is 0 Å². The molecule has 3 rings (SSSR count). The molecule has 146 valence electrons. The van der Waals surface area contributed by atoms with Crippen LogP contribution in [0.1, 0.15) is 18.3 Å². The Balaban J connectivity index is 1.73. The van der Waals surface area contributed by atoms with Crippen LogP contribution in [0.5, 0.6) is 0 Å². The molecule has 0 aliphatic rings. The molecule has 8 heteroatoms. The third-order valence-electron chi connectivity index (χ3n) is 3.91. The van der Waals surface area contributed by atoms with Crippen LogP contribution in [0, 0.1) is 13.8 Å². The summed E-state index contributed by atoms with van der Waals surface area (Å²) in [4.78, 5) is 8.92. The van der Waals surface area contributed by atoms with Crippen LogP contribution in [0.25, 0.3) is 0 Å². The summed E-state index contributed by atoms with van der Waals surface area (Å²) < 4.78 is 27.6. The molecule has 0 amide bonds. The van der Waals surface area contributed by atoms with Crippen LogP contribution in [0.15, 0.2) is 59.5 Å². The molecule has 0 bridgehead atoms. The van der Waals surface area contributed by atoms with Gasteiger partial charge in [-0.15, -0.1) is 0 Å². The molecule has 0 saturated carbocycles. The van der Waals surface area contributed by atoms with Gasteiger partial charge in [0, 0.05) is 24.0 Å². The summed E-state index contributed by atoms with van der Waals surface area (Å²) in [6.07, 6.45) is 0. The zero-order valence-corrected chi connectivity index (χ0v) is 16.8. The van der Waals surface area contributed by atoms with Gasteiger partial charge in [-0.25, -0.2) is 18.4 Å². The van der Waals surface area contributed by atoms with Gasteiger partial charge < -0.3 is 10.6 Å². The van der Waals surface area contributed by atoms with Gasteiger partial charge >= 0.3 is 0 Å². The number of hydrogen-bond acceptors (Lipinski definition) is 6. The SMILES string of the molecule is CCNc1cc(Nc2ccc(NS(=O)(=O)c3cccc(C)c3)cc2)nc(C)n1. The lowest BCUT2D eigenvalue weighted by Crippen LogP contribution is -2.13. The number of nitrogens with zero attached hydrogens (tertiary/aromatic N) is 2. The Morgan fingerprint density at radius 3 is 2.25 bits per heavy atom. The van der Waals surface area contributed by atoms with Crippen molar-refractivity contribution in [2.75, 3.05) is 21.9 Å². The van der Waals surface area contributed by atoms with Gasteiger partial charge in [-0.1, -0.05) is 12.1 Å². The van der Waals surface area contributed by atoms with Crippen molar-refractivity contribution < 1.29 is 8.42 Å². The molecule has 0 atom stereocenters. The summed E-state index contributed by atoms with van der Waals surface area (Å²) in [5.74, 6) is 2.07. The average molecular weight is 398 g/mol. The largest absolute Gasteiger partial charge is 0.370 e. The normalized spacial score (nSPS) is 11.1. The minimum Gasteiger partial charge on any atom is -0.370 e. The average Bonchev–Trinajstić information content (AvgIpc) is 2.63. The van der Waals surface area contributed by atoms with E-state index < -0.39 is 10.0 Å². The van der Waals surface area contributed by atoms with E-state index in [1.165, 1.54) is 0 Å². The summed E-state index contributed by atoms with van der Waals surface area (Å²) in [6.45, 7) is 6.46. The monoisotopic (exact) mass is 397 g/mol. The molecule has 0 unspecified atom stereocenters. The maximum Gasteiger partial charge on any atom is 0.261 e. The minimum absolute atomic E-state index is 0.238. The van der Waals surface area contributed by atoms with Gasteiger partial charge in [0.05, 0.1) is 4.90 Å². The number of hydrogen-bond donors (Lipinski definition) is 3. The van der Waals surface area contributed by atoms with Crippen LogP contribution in [-0.2, 0) is 10.0 Å². The minimum atomic E-state index is -3.62. The molecule has 0 aliphatic heterocycles. The highest BCUT2D eigenvalue weighted by molar-refractivity contribution is 7.92. The molecule has 3 aromatic rings. The first-order valence-corrected chi connectivity index (χ1v) is 10.4. The summed E-state index contributed by atoms with van der Waals surface area (Å²) in [6, 6.07) is 15.6. The van der Waals surface area contributed by atoms with E-state index in [9.17, 15) is 8.42 Å². The first-order chi connectivity index (χ1) is 13.4. The number of anilines is 4. The van der Waals surface area contributed by atoms with Crippen LogP contribution in [0.2, 0.25) is 0 Å². The molecule has 2 aromatic carbocycles. The van der Waals surface area contributed by atoms with E-state index in [1.54, 1.807) is 42.5 Å². The van der Waals surface area contributed by atoms with E-state index in [0.29, 0.717) is 17.3 Å². The Labute approximate surface area is 165 Å². The van der Waals surface area contributed by atoms with E-state index in [1.807, 2.05) is 32.9 Å². The molecule has 1 aromatic heterocycles. The maximum atomic E-state index is 12.5. The van der Waals surface area contributed by atoms with Gasteiger partial charge in [-0.2, -0.15) is 0 Å². The smallest absolute Gasteiger partial charge is 0.261 e. The van der Waals surface area contributed by atoms with E-state index in [0.717, 1.165) is 23.6 Å². The van der Waals surface area contributed by atoms with Crippen molar-refractivity contribution in [1.29, 1.82) is 0 Å². The number of nitrogens with one attached hydrogen (secondary N) is 3. The fourth-order valence-corrected chi connectivity index (χ4v) is 3.83. The standard InChI is InChI=1S/C20H23N5O2S/c1-4-21-19-13-20(23-15(3)22-19)24-16-8-10-17(11-9-16)25-28(26,27)18-7-5-6-14(2)12-18/h5-13,25H,4H2,1-3H3,(H2,21,22,23,24). The number of rotatable bonds is 7. The molecule has 3 N–H and O–H groups in total. The van der Waals surface area contributed by atoms with Gasteiger partial charge in [0.25, 0.3) is 10.0 Å². The second kappa shape index (κ2) is 8.26. The number of aromatic nitrogens is 2. The van der Waals surface area contributed by atoms with Gasteiger partial charge in [0.2, 0.25) is 0 Å². The van der Waals surface area contributed by atoms with Crippen molar-refractivity contribution in [3.05, 3.63) is 66.0 Å². The Kier molecular flexibility index (Phi) is 5.79. The lowest BCUT2D eigenvalue weighted by Gasteiger charge is -2.11. The zero-order valence-electron chi connectivity index (χ0n) is 16.0. The van der Waals surface area contributed by atoms with Crippen molar-refractivity contribution in [2.45, 2.75) is 25.7 Å². The zero-order chi connectivity index (χ0) is 20.1. The Hall–Kier alpha value is -3.13. The van der Waals surface area contributed by atoms with Crippen LogP contribution in [0.4, 0.5) is 23.0 Å². The van der Waals surface area contributed by atoms with Crippen molar-refractivity contribution >= 4 is 33.0 Å². The first kappa shape index (κ1) is 19.6. The fourth-order valence-electron chi connectivity index (χ4n) is 2.67. The molecular formula is C20H23N5O2S. The van der Waals surface area contributed by atoms with Crippen molar-refractivity contribution in [1.82, 2.24) is 9.97 Å². The lowest BCUT2D eigenvalue weighted by molar-refractivity contribution is 0.601. The Morgan fingerprint density at radius 1 is 0.893 bits per heavy atom. The molecule has 0 radical (unpaired) electrons. The molecule has 0 spiro atoms. The quantitative estimate of drug-likeness (QED) is 0.556. The van der Waals surface area contributed by atoms with Crippen molar-refractivity contribution in [2.24, 2.45) is 0 Å². The third kappa shape index (κ3) is 4.98. The molecular weight excluding hydrogens is 374 g/mol. The maximum absolute atomic E-state index is 12.5. The summed E-state index contributed by atoms with van der Waals surface area (Å²) in [5, 5.41) is 6.37. The highest BCUT2D eigenvalue weighted by atomic mass is 32.2. The molecule has 0 fully saturated rings. The van der Waals surface area contributed by atoms with Crippen LogP contribution >= 0.6 is 0 Å². The molecule has 7 nitrogen and oxygen atoms in total. The third-order valence-corrected chi connectivity index (χ3v) is 5.28. The van der Waals surface area contributed by atoms with E-state index in [-0.39, 0.29) is 4.90 Å². The Morgan fingerprint density at radius 2 is 1.57 bits per heavy atom. The van der Waals surface area contributed by atoms with Gasteiger partial charge in [0.1, 0.15) is 17.5 Å². The Bertz CT molecular complexity index is 1070. The van der Waals surface area contributed by atoms with Gasteiger partial charge in [-0.05, 0) is 62.7 Å². The topological polar surface area (TPSA) is 96.0 Å². The highest BCUT2D eigenvalue weighted by Crippen LogP contribution is 2.22. The molecule has 0 saturated heterocycles. The summed E-state index contributed by atoms with van der Waals surface area (Å²) in [7, 11) is -3.62. The lowest BCUT2D eigenvalue weighted by atomic mass is 10.2. The predicted octanol–water partition coefficient (Wildman–Crippen LogP) is 4.07. The predicted molar refractivity (Wildman–Crippen MR) is 113 cm³/mol. The van der Waals surface area contributed by atoms with E-state index in [2.05, 4.69) is 25.3 Å². The number of benzene rings is 2. The van der Waals surface area contributed by atoms with Crippen molar-refractivity contribution in [3.63, 3.8) is 0 Å². The van der Waals surface area contributed by atoms with Crippen molar-refractivity contribution in [3.8, 4) is 0 Å². The summed E-state index contributed by atoms with van der Waals surface area (Å²) >= 11 is 0. The fraction of sp³-hybridized carbons (Fsp3) is 0.200. The highest BCUT2D eigenvalue weighted by Gasteiger charge is 2.14. The van der Waals surface area contributed by atoms with Gasteiger partial charge in [-0.3, -0.25) is 4.72 Å². The molecule has 0 aliphatic carbocycles. The van der Waals surface area contributed by atoms with Crippen LogP contribution < -0.4 is 15.4 Å². The molecule has 1 heterocycles. The number of aryl methyl sites for hydroxylation is 2. The van der Waals surface area contributed by atoms with Gasteiger partial charge in [0.15, 0.2) is 0 Å². The van der Waals surface area contributed by atoms with E-state index in [4.69, 9.17) is 0 Å². The van der Waals surface area contributed by atoms with Crippen LogP contribution in [0.3, 0.4) is 0 Å².